The molecule has 0 radical (unpaired) electrons. The zero-order valence-electron chi connectivity index (χ0n) is 10.1. The SMILES string of the molecule is CC(C)C(S)C(=O)NCCc1ccc(F)cc1. The normalized spacial score (nSPS) is 12.5. The van der Waals surface area contributed by atoms with Crippen molar-refractivity contribution in [2.45, 2.75) is 25.5 Å². The van der Waals surface area contributed by atoms with E-state index in [0.717, 1.165) is 5.56 Å². The van der Waals surface area contributed by atoms with E-state index in [2.05, 4.69) is 17.9 Å². The number of benzene rings is 1. The molecular weight excluding hydrogens is 237 g/mol. The van der Waals surface area contributed by atoms with Crippen LogP contribution in [0.4, 0.5) is 4.39 Å². The van der Waals surface area contributed by atoms with Gasteiger partial charge in [-0.3, -0.25) is 4.79 Å². The molecule has 0 aliphatic carbocycles. The number of amides is 1. The molecule has 0 saturated carbocycles. The summed E-state index contributed by atoms with van der Waals surface area (Å²) in [6.07, 6.45) is 0.699. The van der Waals surface area contributed by atoms with Gasteiger partial charge in [-0.05, 0) is 30.0 Å². The van der Waals surface area contributed by atoms with Gasteiger partial charge in [0.25, 0.3) is 0 Å². The predicted octanol–water partition coefficient (Wildman–Crippen LogP) is 2.44. The summed E-state index contributed by atoms with van der Waals surface area (Å²) in [5.41, 5.74) is 1.01. The van der Waals surface area contributed by atoms with Crippen LogP contribution in [0, 0.1) is 11.7 Å². The molecule has 1 unspecified atom stereocenters. The van der Waals surface area contributed by atoms with Crippen molar-refractivity contribution in [3.05, 3.63) is 35.6 Å². The fourth-order valence-corrected chi connectivity index (χ4v) is 1.48. The molecule has 0 fully saturated rings. The van der Waals surface area contributed by atoms with E-state index >= 15 is 0 Å². The Bertz CT molecular complexity index is 364. The van der Waals surface area contributed by atoms with Crippen molar-refractivity contribution in [2.24, 2.45) is 5.92 Å². The molecule has 94 valence electrons. The number of carbonyl (C=O) groups is 1. The third-order valence-electron chi connectivity index (χ3n) is 2.53. The molecular formula is C13H18FNOS. The van der Waals surface area contributed by atoms with Crippen LogP contribution in [0.2, 0.25) is 0 Å². The second-order valence-corrected chi connectivity index (χ2v) is 4.91. The summed E-state index contributed by atoms with van der Waals surface area (Å²) in [6, 6.07) is 6.30. The molecule has 1 aromatic carbocycles. The topological polar surface area (TPSA) is 29.1 Å². The Kier molecular flexibility index (Phi) is 5.48. The summed E-state index contributed by atoms with van der Waals surface area (Å²) in [6.45, 7) is 4.46. The molecule has 1 N–H and O–H groups in total. The summed E-state index contributed by atoms with van der Waals surface area (Å²) in [4.78, 5) is 11.6. The zero-order valence-corrected chi connectivity index (χ0v) is 11.0. The molecule has 0 heterocycles. The van der Waals surface area contributed by atoms with Gasteiger partial charge in [0.2, 0.25) is 5.91 Å². The monoisotopic (exact) mass is 255 g/mol. The third-order valence-corrected chi connectivity index (χ3v) is 3.36. The standard InChI is InChI=1S/C13H18FNOS/c1-9(2)12(17)13(16)15-8-7-10-3-5-11(14)6-4-10/h3-6,9,12,17H,7-8H2,1-2H3,(H,15,16). The van der Waals surface area contributed by atoms with Gasteiger partial charge < -0.3 is 5.32 Å². The second kappa shape index (κ2) is 6.64. The quantitative estimate of drug-likeness (QED) is 0.777. The van der Waals surface area contributed by atoms with Crippen molar-refractivity contribution in [3.63, 3.8) is 0 Å². The van der Waals surface area contributed by atoms with Crippen molar-refractivity contribution in [3.8, 4) is 0 Å². The fourth-order valence-electron chi connectivity index (χ4n) is 1.39. The first-order chi connectivity index (χ1) is 8.00. The van der Waals surface area contributed by atoms with Gasteiger partial charge in [-0.1, -0.05) is 26.0 Å². The van der Waals surface area contributed by atoms with Gasteiger partial charge in [0, 0.05) is 6.54 Å². The molecule has 0 aliphatic heterocycles. The Hall–Kier alpha value is -1.03. The average Bonchev–Trinajstić information content (AvgIpc) is 2.30. The van der Waals surface area contributed by atoms with Crippen LogP contribution in [0.3, 0.4) is 0 Å². The average molecular weight is 255 g/mol. The van der Waals surface area contributed by atoms with Gasteiger partial charge in [-0.25, -0.2) is 4.39 Å². The lowest BCUT2D eigenvalue weighted by Gasteiger charge is -2.14. The maximum Gasteiger partial charge on any atom is 0.233 e. The highest BCUT2D eigenvalue weighted by molar-refractivity contribution is 7.81. The number of hydrogen-bond donors (Lipinski definition) is 2. The molecule has 0 aliphatic rings. The largest absolute Gasteiger partial charge is 0.355 e. The van der Waals surface area contributed by atoms with E-state index in [4.69, 9.17) is 0 Å². The number of halogens is 1. The number of thiol groups is 1. The predicted molar refractivity (Wildman–Crippen MR) is 70.7 cm³/mol. The Morgan fingerprint density at radius 2 is 1.94 bits per heavy atom. The molecule has 0 saturated heterocycles. The highest BCUT2D eigenvalue weighted by Crippen LogP contribution is 2.08. The molecule has 1 atom stereocenters. The Balaban J connectivity index is 2.33. The van der Waals surface area contributed by atoms with Crippen LogP contribution in [0.1, 0.15) is 19.4 Å². The molecule has 0 spiro atoms. The Morgan fingerprint density at radius 3 is 2.47 bits per heavy atom. The van der Waals surface area contributed by atoms with Crippen molar-refractivity contribution in [1.29, 1.82) is 0 Å². The van der Waals surface area contributed by atoms with Crippen LogP contribution in [-0.4, -0.2) is 17.7 Å². The van der Waals surface area contributed by atoms with Gasteiger partial charge in [0.1, 0.15) is 5.82 Å². The van der Waals surface area contributed by atoms with Gasteiger partial charge in [0.15, 0.2) is 0 Å². The summed E-state index contributed by atoms with van der Waals surface area (Å²) >= 11 is 4.23. The van der Waals surface area contributed by atoms with Gasteiger partial charge in [-0.15, -0.1) is 0 Å². The van der Waals surface area contributed by atoms with Crippen LogP contribution < -0.4 is 5.32 Å². The third kappa shape index (κ3) is 4.77. The van der Waals surface area contributed by atoms with E-state index in [0.29, 0.717) is 13.0 Å². The number of hydrogen-bond acceptors (Lipinski definition) is 2. The smallest absolute Gasteiger partial charge is 0.233 e. The molecule has 17 heavy (non-hydrogen) atoms. The highest BCUT2D eigenvalue weighted by atomic mass is 32.1. The van der Waals surface area contributed by atoms with E-state index in [-0.39, 0.29) is 22.9 Å². The van der Waals surface area contributed by atoms with Gasteiger partial charge in [0.05, 0.1) is 5.25 Å². The first-order valence-corrected chi connectivity index (χ1v) is 6.22. The number of carbonyl (C=O) groups excluding carboxylic acids is 1. The van der Waals surface area contributed by atoms with Crippen molar-refractivity contribution in [2.75, 3.05) is 6.54 Å². The lowest BCUT2D eigenvalue weighted by Crippen LogP contribution is -2.35. The van der Waals surface area contributed by atoms with Crippen molar-refractivity contribution >= 4 is 18.5 Å². The van der Waals surface area contributed by atoms with E-state index in [1.54, 1.807) is 12.1 Å². The lowest BCUT2D eigenvalue weighted by atomic mass is 10.1. The highest BCUT2D eigenvalue weighted by Gasteiger charge is 2.16. The van der Waals surface area contributed by atoms with Gasteiger partial charge in [-0.2, -0.15) is 12.6 Å². The minimum atomic E-state index is -0.275. The molecule has 4 heteroatoms. The Labute approximate surface area is 107 Å². The first-order valence-electron chi connectivity index (χ1n) is 5.71. The van der Waals surface area contributed by atoms with E-state index < -0.39 is 0 Å². The minimum Gasteiger partial charge on any atom is -0.355 e. The van der Waals surface area contributed by atoms with Crippen molar-refractivity contribution in [1.82, 2.24) is 5.32 Å². The van der Waals surface area contributed by atoms with Crippen LogP contribution in [0.25, 0.3) is 0 Å². The summed E-state index contributed by atoms with van der Waals surface area (Å²) < 4.78 is 12.7. The minimum absolute atomic E-state index is 0.0505. The summed E-state index contributed by atoms with van der Waals surface area (Å²) in [7, 11) is 0. The lowest BCUT2D eigenvalue weighted by molar-refractivity contribution is -0.121. The van der Waals surface area contributed by atoms with Crippen LogP contribution >= 0.6 is 12.6 Å². The van der Waals surface area contributed by atoms with E-state index in [1.165, 1.54) is 12.1 Å². The van der Waals surface area contributed by atoms with Crippen LogP contribution in [0.15, 0.2) is 24.3 Å². The van der Waals surface area contributed by atoms with Crippen molar-refractivity contribution < 1.29 is 9.18 Å². The first kappa shape index (κ1) is 14.0. The second-order valence-electron chi connectivity index (χ2n) is 4.36. The Morgan fingerprint density at radius 1 is 1.35 bits per heavy atom. The van der Waals surface area contributed by atoms with Crippen LogP contribution in [-0.2, 0) is 11.2 Å². The molecule has 1 amide bonds. The zero-order chi connectivity index (χ0) is 12.8. The number of rotatable bonds is 5. The van der Waals surface area contributed by atoms with E-state index in [1.807, 2.05) is 13.8 Å². The molecule has 0 bridgehead atoms. The fraction of sp³-hybridized carbons (Fsp3) is 0.462. The number of nitrogens with one attached hydrogen (secondary N) is 1. The molecule has 1 rings (SSSR count). The maximum absolute atomic E-state index is 12.7. The molecule has 1 aromatic rings. The van der Waals surface area contributed by atoms with E-state index in [9.17, 15) is 9.18 Å². The van der Waals surface area contributed by atoms with Gasteiger partial charge >= 0.3 is 0 Å². The molecule has 0 aromatic heterocycles. The summed E-state index contributed by atoms with van der Waals surface area (Å²) in [5.74, 6) is -0.0809. The summed E-state index contributed by atoms with van der Waals surface area (Å²) in [5, 5.41) is 2.54. The maximum atomic E-state index is 12.7. The molecule has 2 nitrogen and oxygen atoms in total. The van der Waals surface area contributed by atoms with Crippen LogP contribution in [0.5, 0.6) is 0 Å².